The third-order valence-electron chi connectivity index (χ3n) is 2.07. The minimum absolute atomic E-state index is 0.0863. The van der Waals surface area contributed by atoms with E-state index in [1.165, 1.54) is 10.7 Å². The molecule has 6 nitrogen and oxygen atoms in total. The van der Waals surface area contributed by atoms with Gasteiger partial charge in [0.25, 0.3) is 5.91 Å². The summed E-state index contributed by atoms with van der Waals surface area (Å²) in [7, 11) is 0. The van der Waals surface area contributed by atoms with E-state index in [1.54, 1.807) is 0 Å². The maximum absolute atomic E-state index is 11.8. The minimum Gasteiger partial charge on any atom is -0.470 e. The minimum atomic E-state index is -2.82. The first kappa shape index (κ1) is 10.8. The van der Waals surface area contributed by atoms with Crippen molar-refractivity contribution in [1.29, 1.82) is 0 Å². The fourth-order valence-electron chi connectivity index (χ4n) is 1.41. The van der Waals surface area contributed by atoms with E-state index in [-0.39, 0.29) is 18.8 Å². The van der Waals surface area contributed by atoms with E-state index >= 15 is 0 Å². The Balaban J connectivity index is 1.95. The number of hydrogen-bond acceptors (Lipinski definition) is 4. The molecule has 1 unspecified atom stereocenters. The van der Waals surface area contributed by atoms with Gasteiger partial charge in [0, 0.05) is 6.07 Å². The highest BCUT2D eigenvalue weighted by Crippen LogP contribution is 2.22. The van der Waals surface area contributed by atoms with Crippen LogP contribution in [0.5, 0.6) is 5.88 Å². The van der Waals surface area contributed by atoms with Gasteiger partial charge in [0.2, 0.25) is 5.88 Å². The Kier molecular flexibility index (Phi) is 2.73. The molecule has 0 bridgehead atoms. The van der Waals surface area contributed by atoms with Crippen LogP contribution in [-0.4, -0.2) is 35.0 Å². The fourth-order valence-corrected chi connectivity index (χ4v) is 1.41. The zero-order chi connectivity index (χ0) is 11.7. The molecular formula is C8H9F2N3O3. The Morgan fingerprint density at radius 1 is 1.81 bits per heavy atom. The lowest BCUT2D eigenvalue weighted by atomic mass is 10.4. The first-order chi connectivity index (χ1) is 7.56. The van der Waals surface area contributed by atoms with Crippen LogP contribution in [0.25, 0.3) is 0 Å². The lowest BCUT2D eigenvalue weighted by molar-refractivity contribution is -0.143. The molecule has 1 aliphatic heterocycles. The first-order valence-corrected chi connectivity index (χ1v) is 4.50. The summed E-state index contributed by atoms with van der Waals surface area (Å²) in [4.78, 5) is 10.8. The molecule has 0 saturated heterocycles. The molecule has 0 saturated carbocycles. The van der Waals surface area contributed by atoms with Gasteiger partial charge in [0.15, 0.2) is 5.69 Å². The summed E-state index contributed by atoms with van der Waals surface area (Å²) in [6.45, 7) is -2.79. The molecule has 0 aromatic carbocycles. The molecule has 2 rings (SSSR count). The zero-order valence-electron chi connectivity index (χ0n) is 8.10. The summed E-state index contributed by atoms with van der Waals surface area (Å²) in [6.07, 6.45) is -0.515. The van der Waals surface area contributed by atoms with Gasteiger partial charge in [-0.1, -0.05) is 0 Å². The molecule has 0 fully saturated rings. The molecule has 1 aromatic rings. The van der Waals surface area contributed by atoms with Gasteiger partial charge in [-0.3, -0.25) is 4.79 Å². The van der Waals surface area contributed by atoms with E-state index in [4.69, 9.17) is 10.5 Å². The van der Waals surface area contributed by atoms with Crippen LogP contribution in [0.4, 0.5) is 8.78 Å². The Morgan fingerprint density at radius 2 is 2.56 bits per heavy atom. The number of nitrogens with zero attached hydrogens (tertiary/aromatic N) is 2. The van der Waals surface area contributed by atoms with Crippen LogP contribution in [0, 0.1) is 0 Å². The van der Waals surface area contributed by atoms with Crippen molar-refractivity contribution in [2.75, 3.05) is 6.61 Å². The van der Waals surface area contributed by atoms with E-state index in [0.29, 0.717) is 5.88 Å². The largest absolute Gasteiger partial charge is 0.470 e. The van der Waals surface area contributed by atoms with E-state index in [1.807, 2.05) is 0 Å². The van der Waals surface area contributed by atoms with E-state index in [2.05, 4.69) is 9.84 Å². The van der Waals surface area contributed by atoms with Gasteiger partial charge >= 0.3 is 6.61 Å². The van der Waals surface area contributed by atoms with E-state index in [0.717, 1.165) is 0 Å². The predicted octanol–water partition coefficient (Wildman–Crippen LogP) is -0.0178. The number of ether oxygens (including phenoxy) is 2. The van der Waals surface area contributed by atoms with Gasteiger partial charge in [-0.05, 0) is 0 Å². The summed E-state index contributed by atoms with van der Waals surface area (Å²) in [5.41, 5.74) is 5.10. The van der Waals surface area contributed by atoms with Crippen molar-refractivity contribution in [1.82, 2.24) is 9.78 Å². The van der Waals surface area contributed by atoms with Gasteiger partial charge in [-0.15, -0.1) is 0 Å². The van der Waals surface area contributed by atoms with Crippen LogP contribution in [0.1, 0.15) is 10.5 Å². The number of aromatic nitrogens is 2. The lowest BCUT2D eigenvalue weighted by Crippen LogP contribution is -2.24. The highest BCUT2D eigenvalue weighted by atomic mass is 19.3. The maximum Gasteiger partial charge on any atom is 0.345 e. The van der Waals surface area contributed by atoms with E-state index in [9.17, 15) is 13.6 Å². The number of amides is 1. The molecule has 2 heterocycles. The molecule has 88 valence electrons. The highest BCUT2D eigenvalue weighted by molar-refractivity contribution is 5.91. The molecular weight excluding hydrogens is 224 g/mol. The van der Waals surface area contributed by atoms with Crippen molar-refractivity contribution >= 4 is 5.91 Å². The number of rotatable bonds is 4. The molecule has 1 amide bonds. The Labute approximate surface area is 88.9 Å². The maximum atomic E-state index is 11.8. The standard InChI is InChI=1S/C8H9F2N3O3/c9-8(10)15-3-4-2-13-6(16-4)1-5(12-13)7(11)14/h1,4,8H,2-3H2,(H2,11,14). The third-order valence-corrected chi connectivity index (χ3v) is 2.07. The summed E-state index contributed by atoms with van der Waals surface area (Å²) >= 11 is 0. The molecule has 1 aromatic heterocycles. The monoisotopic (exact) mass is 233 g/mol. The molecule has 16 heavy (non-hydrogen) atoms. The Morgan fingerprint density at radius 3 is 3.12 bits per heavy atom. The van der Waals surface area contributed by atoms with Crippen molar-refractivity contribution in [3.05, 3.63) is 11.8 Å². The van der Waals surface area contributed by atoms with Crippen LogP contribution in [-0.2, 0) is 11.3 Å². The van der Waals surface area contributed by atoms with Gasteiger partial charge in [-0.25, -0.2) is 4.68 Å². The van der Waals surface area contributed by atoms with Crippen molar-refractivity contribution in [3.63, 3.8) is 0 Å². The van der Waals surface area contributed by atoms with Crippen LogP contribution in [0.15, 0.2) is 6.07 Å². The van der Waals surface area contributed by atoms with Gasteiger partial charge < -0.3 is 15.2 Å². The molecule has 8 heteroatoms. The van der Waals surface area contributed by atoms with Gasteiger partial charge in [0.1, 0.15) is 6.10 Å². The quantitative estimate of drug-likeness (QED) is 0.792. The Hall–Kier alpha value is -1.70. The van der Waals surface area contributed by atoms with Crippen molar-refractivity contribution in [2.24, 2.45) is 5.73 Å². The molecule has 1 atom stereocenters. The average molecular weight is 233 g/mol. The lowest BCUT2D eigenvalue weighted by Gasteiger charge is -2.09. The first-order valence-electron chi connectivity index (χ1n) is 4.50. The fraction of sp³-hybridized carbons (Fsp3) is 0.500. The molecule has 0 spiro atoms. The van der Waals surface area contributed by atoms with Crippen molar-refractivity contribution in [3.8, 4) is 5.88 Å². The smallest absolute Gasteiger partial charge is 0.345 e. The third kappa shape index (κ3) is 2.11. The number of primary amides is 1. The topological polar surface area (TPSA) is 79.4 Å². The Bertz CT molecular complexity index is 384. The number of carbonyl (C=O) groups is 1. The highest BCUT2D eigenvalue weighted by Gasteiger charge is 2.26. The number of alkyl halides is 2. The second-order valence-electron chi connectivity index (χ2n) is 3.25. The number of halogens is 2. The van der Waals surface area contributed by atoms with Crippen LogP contribution < -0.4 is 10.5 Å². The van der Waals surface area contributed by atoms with Gasteiger partial charge in [-0.2, -0.15) is 13.9 Å². The number of carbonyl (C=O) groups excluding carboxylic acids is 1. The molecule has 2 N–H and O–H groups in total. The van der Waals surface area contributed by atoms with Crippen molar-refractivity contribution in [2.45, 2.75) is 19.3 Å². The normalized spacial score (nSPS) is 18.6. The molecule has 0 aliphatic carbocycles. The average Bonchev–Trinajstić information content (AvgIpc) is 2.70. The second kappa shape index (κ2) is 4.05. The summed E-state index contributed by atoms with van der Waals surface area (Å²) in [6, 6.07) is 1.37. The van der Waals surface area contributed by atoms with Crippen LogP contribution in [0.2, 0.25) is 0 Å². The summed E-state index contributed by atoms with van der Waals surface area (Å²) < 4.78 is 34.2. The summed E-state index contributed by atoms with van der Waals surface area (Å²) in [5, 5.41) is 3.84. The number of hydrogen-bond donors (Lipinski definition) is 1. The molecule has 0 radical (unpaired) electrons. The number of fused-ring (bicyclic) bond motifs is 1. The van der Waals surface area contributed by atoms with Gasteiger partial charge in [0.05, 0.1) is 13.2 Å². The predicted molar refractivity (Wildman–Crippen MR) is 47.1 cm³/mol. The van der Waals surface area contributed by atoms with E-state index < -0.39 is 18.6 Å². The zero-order valence-corrected chi connectivity index (χ0v) is 8.10. The SMILES string of the molecule is NC(=O)c1cc2n(n1)CC(COC(F)F)O2. The summed E-state index contributed by atoms with van der Waals surface area (Å²) in [5.74, 6) is -0.331. The van der Waals surface area contributed by atoms with Crippen LogP contribution >= 0.6 is 0 Å². The van der Waals surface area contributed by atoms with Crippen LogP contribution in [0.3, 0.4) is 0 Å². The number of nitrogens with two attached hydrogens (primary N) is 1. The second-order valence-corrected chi connectivity index (χ2v) is 3.25. The molecule has 1 aliphatic rings. The van der Waals surface area contributed by atoms with Crippen molar-refractivity contribution < 1.29 is 23.0 Å².